The molecule has 1 rings (SSSR count). The lowest BCUT2D eigenvalue weighted by atomic mass is 10.3. The van der Waals surface area contributed by atoms with E-state index in [1.54, 1.807) is 19.1 Å². The van der Waals surface area contributed by atoms with Gasteiger partial charge in [0.05, 0.1) is 17.4 Å². The van der Waals surface area contributed by atoms with Crippen molar-refractivity contribution in [1.29, 1.82) is 5.26 Å². The molecule has 0 fully saturated rings. The van der Waals surface area contributed by atoms with Crippen molar-refractivity contribution in [2.75, 3.05) is 0 Å². The Kier molecular flexibility index (Phi) is 4.47. The summed E-state index contributed by atoms with van der Waals surface area (Å²) < 4.78 is 26.8. The van der Waals surface area contributed by atoms with Gasteiger partial charge in [-0.2, -0.15) is 5.26 Å². The number of benzene rings is 1. The highest BCUT2D eigenvalue weighted by atomic mass is 79.9. The molecular formula is C10H11BrN2O2S. The van der Waals surface area contributed by atoms with Crippen LogP contribution < -0.4 is 4.72 Å². The molecule has 4 nitrogen and oxygen atoms in total. The second-order valence-electron chi connectivity index (χ2n) is 3.34. The van der Waals surface area contributed by atoms with E-state index >= 15 is 0 Å². The normalized spacial score (nSPS) is 13.1. The molecule has 0 aromatic heterocycles. The van der Waals surface area contributed by atoms with Gasteiger partial charge < -0.3 is 0 Å². The van der Waals surface area contributed by atoms with Gasteiger partial charge in [-0.05, 0) is 25.1 Å². The number of halogens is 1. The smallest absolute Gasteiger partial charge is 0.207 e. The van der Waals surface area contributed by atoms with E-state index in [-0.39, 0.29) is 11.3 Å². The SMILES string of the molecule is CC(CC#N)NS(=O)(=O)c1cccc(Br)c1. The molecule has 16 heavy (non-hydrogen) atoms. The van der Waals surface area contributed by atoms with E-state index in [1.165, 1.54) is 12.1 Å². The Morgan fingerprint density at radius 3 is 2.81 bits per heavy atom. The largest absolute Gasteiger partial charge is 0.240 e. The first kappa shape index (κ1) is 13.2. The standard InChI is InChI=1S/C10H11BrN2O2S/c1-8(5-6-12)13-16(14,15)10-4-2-3-9(11)7-10/h2-4,7-8,13H,5H2,1H3. The molecule has 0 aliphatic rings. The highest BCUT2D eigenvalue weighted by Gasteiger charge is 2.16. The zero-order valence-electron chi connectivity index (χ0n) is 8.64. The summed E-state index contributed by atoms with van der Waals surface area (Å²) in [4.78, 5) is 0.187. The molecule has 0 amide bonds. The average Bonchev–Trinajstić information content (AvgIpc) is 2.17. The fourth-order valence-electron chi connectivity index (χ4n) is 1.15. The van der Waals surface area contributed by atoms with Gasteiger partial charge in [-0.1, -0.05) is 22.0 Å². The highest BCUT2D eigenvalue weighted by molar-refractivity contribution is 9.10. The molecule has 0 aliphatic heterocycles. The first-order chi connectivity index (χ1) is 7.45. The molecule has 1 N–H and O–H groups in total. The van der Waals surface area contributed by atoms with Gasteiger partial charge >= 0.3 is 0 Å². The topological polar surface area (TPSA) is 70.0 Å². The van der Waals surface area contributed by atoms with E-state index in [0.717, 1.165) is 0 Å². The van der Waals surface area contributed by atoms with E-state index in [4.69, 9.17) is 5.26 Å². The van der Waals surface area contributed by atoms with Crippen molar-refractivity contribution >= 4 is 26.0 Å². The molecule has 6 heteroatoms. The van der Waals surface area contributed by atoms with Crippen molar-refractivity contribution in [2.24, 2.45) is 0 Å². The molecule has 0 saturated carbocycles. The summed E-state index contributed by atoms with van der Waals surface area (Å²) in [7, 11) is -3.54. The second-order valence-corrected chi connectivity index (χ2v) is 5.97. The zero-order valence-corrected chi connectivity index (χ0v) is 11.0. The fourth-order valence-corrected chi connectivity index (χ4v) is 2.99. The second kappa shape index (κ2) is 5.43. The van der Waals surface area contributed by atoms with E-state index in [2.05, 4.69) is 20.7 Å². The number of rotatable bonds is 4. The van der Waals surface area contributed by atoms with Crippen LogP contribution in [0.15, 0.2) is 33.6 Å². The molecule has 0 heterocycles. The Bertz CT molecular complexity index is 508. The number of hydrogen-bond donors (Lipinski definition) is 1. The Labute approximate surface area is 103 Å². The van der Waals surface area contributed by atoms with E-state index in [9.17, 15) is 8.42 Å². The third-order valence-electron chi connectivity index (χ3n) is 1.86. The Morgan fingerprint density at radius 1 is 1.56 bits per heavy atom. The predicted molar refractivity (Wildman–Crippen MR) is 64.2 cm³/mol. The van der Waals surface area contributed by atoms with E-state index in [1.807, 2.05) is 6.07 Å². The highest BCUT2D eigenvalue weighted by Crippen LogP contribution is 2.16. The lowest BCUT2D eigenvalue weighted by molar-refractivity contribution is 0.563. The lowest BCUT2D eigenvalue weighted by Gasteiger charge is -2.11. The Hall–Kier alpha value is -0.900. The maximum absolute atomic E-state index is 11.8. The van der Waals surface area contributed by atoms with Crippen LogP contribution in [0.4, 0.5) is 0 Å². The molecule has 1 aromatic rings. The van der Waals surface area contributed by atoms with Crippen LogP contribution in [0.1, 0.15) is 13.3 Å². The molecule has 86 valence electrons. The van der Waals surface area contributed by atoms with Gasteiger partial charge in [0.2, 0.25) is 10.0 Å². The van der Waals surface area contributed by atoms with Crippen molar-refractivity contribution in [3.05, 3.63) is 28.7 Å². The van der Waals surface area contributed by atoms with Crippen molar-refractivity contribution in [3.8, 4) is 6.07 Å². The zero-order chi connectivity index (χ0) is 12.2. The van der Waals surface area contributed by atoms with Gasteiger partial charge in [-0.25, -0.2) is 13.1 Å². The van der Waals surface area contributed by atoms with Crippen molar-refractivity contribution in [1.82, 2.24) is 4.72 Å². The third-order valence-corrected chi connectivity index (χ3v) is 3.94. The minimum Gasteiger partial charge on any atom is -0.207 e. The van der Waals surface area contributed by atoms with Crippen LogP contribution in [0.3, 0.4) is 0 Å². The molecule has 0 saturated heterocycles. The number of sulfonamides is 1. The van der Waals surface area contributed by atoms with Crippen LogP contribution in [-0.2, 0) is 10.0 Å². The summed E-state index contributed by atoms with van der Waals surface area (Å²) in [5.41, 5.74) is 0. The predicted octanol–water partition coefficient (Wildman–Crippen LogP) is 2.03. The third kappa shape index (κ3) is 3.59. The molecule has 0 spiro atoms. The van der Waals surface area contributed by atoms with Gasteiger partial charge in [0, 0.05) is 10.5 Å². The summed E-state index contributed by atoms with van der Waals surface area (Å²) in [6.07, 6.45) is 0.146. The number of hydrogen-bond acceptors (Lipinski definition) is 3. The molecule has 0 aliphatic carbocycles. The average molecular weight is 303 g/mol. The van der Waals surface area contributed by atoms with Crippen LogP contribution in [0, 0.1) is 11.3 Å². The van der Waals surface area contributed by atoms with Crippen molar-refractivity contribution in [2.45, 2.75) is 24.3 Å². The summed E-state index contributed by atoms with van der Waals surface area (Å²) in [6, 6.07) is 7.94. The number of nitriles is 1. The molecule has 1 aromatic carbocycles. The van der Waals surface area contributed by atoms with E-state index in [0.29, 0.717) is 4.47 Å². The first-order valence-electron chi connectivity index (χ1n) is 4.60. The molecule has 1 atom stereocenters. The van der Waals surface area contributed by atoms with Crippen LogP contribution >= 0.6 is 15.9 Å². The van der Waals surface area contributed by atoms with Crippen LogP contribution in [0.25, 0.3) is 0 Å². The molecule has 0 radical (unpaired) electrons. The summed E-state index contributed by atoms with van der Waals surface area (Å²) >= 11 is 3.21. The monoisotopic (exact) mass is 302 g/mol. The summed E-state index contributed by atoms with van der Waals surface area (Å²) in [5.74, 6) is 0. The molecule has 1 unspecified atom stereocenters. The van der Waals surface area contributed by atoms with Crippen LogP contribution in [0.5, 0.6) is 0 Å². The van der Waals surface area contributed by atoms with E-state index < -0.39 is 16.1 Å². The maximum Gasteiger partial charge on any atom is 0.240 e. The van der Waals surface area contributed by atoms with Gasteiger partial charge in [-0.15, -0.1) is 0 Å². The summed E-state index contributed by atoms with van der Waals surface area (Å²) in [6.45, 7) is 1.65. The van der Waals surface area contributed by atoms with Gasteiger partial charge in [0.25, 0.3) is 0 Å². The quantitative estimate of drug-likeness (QED) is 0.925. The first-order valence-corrected chi connectivity index (χ1v) is 6.88. The minimum atomic E-state index is -3.54. The summed E-state index contributed by atoms with van der Waals surface area (Å²) in [5, 5.41) is 8.46. The fraction of sp³-hybridized carbons (Fsp3) is 0.300. The van der Waals surface area contributed by atoms with Gasteiger partial charge in [-0.3, -0.25) is 0 Å². The van der Waals surface area contributed by atoms with Crippen molar-refractivity contribution in [3.63, 3.8) is 0 Å². The Morgan fingerprint density at radius 2 is 2.25 bits per heavy atom. The molecule has 0 bridgehead atoms. The number of nitrogens with one attached hydrogen (secondary N) is 1. The maximum atomic E-state index is 11.8. The van der Waals surface area contributed by atoms with Crippen LogP contribution in [-0.4, -0.2) is 14.5 Å². The molecular weight excluding hydrogens is 292 g/mol. The lowest BCUT2D eigenvalue weighted by Crippen LogP contribution is -2.32. The van der Waals surface area contributed by atoms with Crippen LogP contribution in [0.2, 0.25) is 0 Å². The van der Waals surface area contributed by atoms with Crippen molar-refractivity contribution < 1.29 is 8.42 Å². The van der Waals surface area contributed by atoms with Gasteiger partial charge in [0.15, 0.2) is 0 Å². The number of nitrogens with zero attached hydrogens (tertiary/aromatic N) is 1. The minimum absolute atomic E-state index is 0.146. The Balaban J connectivity index is 2.91. The van der Waals surface area contributed by atoms with Gasteiger partial charge in [0.1, 0.15) is 0 Å².